The molecule has 3 N–H and O–H groups in total. The van der Waals surface area contributed by atoms with Crippen LogP contribution in [0.15, 0.2) is 48.6 Å². The van der Waals surface area contributed by atoms with E-state index in [-0.39, 0.29) is 12.5 Å². The summed E-state index contributed by atoms with van der Waals surface area (Å²) in [7, 11) is 0. The molecular weight excluding hydrogens is 867 g/mol. The van der Waals surface area contributed by atoms with E-state index < -0.39 is 12.1 Å². The predicted molar refractivity (Wildman–Crippen MR) is 318 cm³/mol. The maximum atomic E-state index is 12.5. The lowest BCUT2D eigenvalue weighted by Gasteiger charge is -2.20. The fraction of sp³-hybridized carbons (Fsp3) is 0.866. The fourth-order valence-corrected chi connectivity index (χ4v) is 10.1. The van der Waals surface area contributed by atoms with E-state index in [2.05, 4.69) is 55.6 Å². The second-order valence-electron chi connectivity index (χ2n) is 22.2. The van der Waals surface area contributed by atoms with Crippen LogP contribution >= 0.6 is 0 Å². The number of nitrogens with one attached hydrogen (secondary N) is 1. The molecular formula is C67H127NO3. The minimum atomic E-state index is -0.843. The molecule has 0 heterocycles. The number of carbonyl (C=O) groups excluding carboxylic acids is 1. The van der Waals surface area contributed by atoms with Gasteiger partial charge in [0.1, 0.15) is 0 Å². The molecule has 0 aromatic heterocycles. The lowest BCUT2D eigenvalue weighted by atomic mass is 10.0. The van der Waals surface area contributed by atoms with Crippen molar-refractivity contribution in [3.8, 4) is 0 Å². The van der Waals surface area contributed by atoms with Crippen molar-refractivity contribution >= 4 is 5.91 Å². The van der Waals surface area contributed by atoms with Crippen molar-refractivity contribution in [1.82, 2.24) is 5.32 Å². The highest BCUT2D eigenvalue weighted by Gasteiger charge is 2.18. The number of amides is 1. The van der Waals surface area contributed by atoms with Gasteiger partial charge >= 0.3 is 0 Å². The predicted octanol–water partition coefficient (Wildman–Crippen LogP) is 21.8. The molecule has 0 aromatic carbocycles. The molecule has 0 aliphatic carbocycles. The van der Waals surface area contributed by atoms with Crippen molar-refractivity contribution in [3.63, 3.8) is 0 Å². The summed E-state index contributed by atoms with van der Waals surface area (Å²) in [5.41, 5.74) is 0. The van der Waals surface area contributed by atoms with Gasteiger partial charge < -0.3 is 15.5 Å². The average molecular weight is 995 g/mol. The third kappa shape index (κ3) is 59.1. The van der Waals surface area contributed by atoms with Gasteiger partial charge in [0.05, 0.1) is 18.8 Å². The van der Waals surface area contributed by atoms with Crippen LogP contribution in [0.1, 0.15) is 354 Å². The van der Waals surface area contributed by atoms with E-state index >= 15 is 0 Å². The molecule has 1 amide bonds. The van der Waals surface area contributed by atoms with Crippen molar-refractivity contribution in [2.24, 2.45) is 0 Å². The van der Waals surface area contributed by atoms with Crippen LogP contribution in [0.4, 0.5) is 0 Å². The number of hydrogen-bond acceptors (Lipinski definition) is 3. The van der Waals surface area contributed by atoms with E-state index in [4.69, 9.17) is 0 Å². The summed E-state index contributed by atoms with van der Waals surface area (Å²) >= 11 is 0. The largest absolute Gasteiger partial charge is 0.394 e. The van der Waals surface area contributed by atoms with Gasteiger partial charge in [-0.25, -0.2) is 0 Å². The Labute approximate surface area is 445 Å². The monoisotopic (exact) mass is 994 g/mol. The summed E-state index contributed by atoms with van der Waals surface area (Å²) in [5, 5.41) is 23.3. The molecule has 0 aliphatic rings. The van der Waals surface area contributed by atoms with Crippen LogP contribution in [0.5, 0.6) is 0 Å². The van der Waals surface area contributed by atoms with Crippen molar-refractivity contribution in [2.75, 3.05) is 6.61 Å². The van der Waals surface area contributed by atoms with Crippen LogP contribution in [0.3, 0.4) is 0 Å². The zero-order chi connectivity index (χ0) is 51.3. The second kappa shape index (κ2) is 62.6. The molecule has 4 nitrogen and oxygen atoms in total. The highest BCUT2D eigenvalue weighted by Crippen LogP contribution is 2.18. The molecule has 2 atom stereocenters. The van der Waals surface area contributed by atoms with Gasteiger partial charge in [0.2, 0.25) is 5.91 Å². The quantitative estimate of drug-likeness (QED) is 0.0420. The van der Waals surface area contributed by atoms with Crippen LogP contribution in [0, 0.1) is 0 Å². The van der Waals surface area contributed by atoms with E-state index in [1.165, 1.54) is 295 Å². The maximum Gasteiger partial charge on any atom is 0.220 e. The number of aliphatic hydroxyl groups excluding tert-OH is 2. The van der Waals surface area contributed by atoms with Crippen molar-refractivity contribution in [2.45, 2.75) is 366 Å². The Morgan fingerprint density at radius 1 is 0.338 bits per heavy atom. The minimum Gasteiger partial charge on any atom is -0.394 e. The number of unbranched alkanes of at least 4 members (excludes halogenated alkanes) is 47. The first kappa shape index (κ1) is 69.3. The first-order valence-electron chi connectivity index (χ1n) is 32.4. The third-order valence-electron chi connectivity index (χ3n) is 15.1. The molecule has 0 aliphatic heterocycles. The Morgan fingerprint density at radius 2 is 0.577 bits per heavy atom. The molecule has 0 radical (unpaired) electrons. The van der Waals surface area contributed by atoms with Crippen LogP contribution in [-0.4, -0.2) is 34.9 Å². The van der Waals surface area contributed by atoms with Crippen molar-refractivity contribution < 1.29 is 15.0 Å². The molecule has 0 saturated carbocycles. The number of allylic oxidation sites excluding steroid dienone is 7. The summed E-state index contributed by atoms with van der Waals surface area (Å²) < 4.78 is 0. The smallest absolute Gasteiger partial charge is 0.220 e. The normalized spacial score (nSPS) is 13.0. The molecule has 0 fully saturated rings. The van der Waals surface area contributed by atoms with Crippen molar-refractivity contribution in [3.05, 3.63) is 48.6 Å². The molecule has 0 rings (SSSR count). The van der Waals surface area contributed by atoms with E-state index in [0.717, 1.165) is 38.5 Å². The summed E-state index contributed by atoms with van der Waals surface area (Å²) in [6, 6.07) is -0.626. The Bertz CT molecular complexity index is 1130. The molecule has 0 bridgehead atoms. The highest BCUT2D eigenvalue weighted by molar-refractivity contribution is 5.76. The molecule has 418 valence electrons. The fourth-order valence-electron chi connectivity index (χ4n) is 10.1. The van der Waals surface area contributed by atoms with E-state index in [9.17, 15) is 15.0 Å². The van der Waals surface area contributed by atoms with Crippen molar-refractivity contribution in [1.29, 1.82) is 0 Å². The zero-order valence-electron chi connectivity index (χ0n) is 48.3. The lowest BCUT2D eigenvalue weighted by molar-refractivity contribution is -0.123. The summed E-state index contributed by atoms with van der Waals surface area (Å²) in [6.07, 6.45) is 87.4. The van der Waals surface area contributed by atoms with E-state index in [0.29, 0.717) is 6.42 Å². The standard InChI is InChI=1S/C67H127NO3/c1-3-5-7-9-11-13-15-17-19-21-23-25-27-29-31-32-33-34-35-37-38-40-42-44-46-48-50-52-54-56-58-60-62-66(70)65(64-69)68-67(71)63-61-59-57-55-53-51-49-47-45-43-41-39-36-30-28-26-24-22-20-18-16-14-12-10-8-6-4-2/h16,18,22,24,28,30,60,62,65-66,69-70H,3-15,17,19-21,23,25-27,29,31-59,61,63-64H2,1-2H3,(H,68,71)/b18-16-,24-22-,30-28-,62-60+. The van der Waals surface area contributed by atoms with Crippen LogP contribution in [0.2, 0.25) is 0 Å². The molecule has 0 aromatic rings. The van der Waals surface area contributed by atoms with E-state index in [1.54, 1.807) is 6.08 Å². The van der Waals surface area contributed by atoms with Gasteiger partial charge in [0.25, 0.3) is 0 Å². The van der Waals surface area contributed by atoms with Crippen LogP contribution in [0.25, 0.3) is 0 Å². The van der Waals surface area contributed by atoms with Crippen LogP contribution in [-0.2, 0) is 4.79 Å². The van der Waals surface area contributed by atoms with Gasteiger partial charge in [-0.1, -0.05) is 339 Å². The molecule has 0 saturated heterocycles. The van der Waals surface area contributed by atoms with Gasteiger partial charge in [-0.15, -0.1) is 0 Å². The second-order valence-corrected chi connectivity index (χ2v) is 22.2. The van der Waals surface area contributed by atoms with Gasteiger partial charge in [-0.05, 0) is 57.8 Å². The zero-order valence-corrected chi connectivity index (χ0v) is 48.3. The minimum absolute atomic E-state index is 0.0619. The van der Waals surface area contributed by atoms with Gasteiger partial charge in [0.15, 0.2) is 0 Å². The Hall–Kier alpha value is -1.65. The summed E-state index contributed by atoms with van der Waals surface area (Å²) in [4.78, 5) is 12.5. The topological polar surface area (TPSA) is 69.6 Å². The Morgan fingerprint density at radius 3 is 0.859 bits per heavy atom. The molecule has 71 heavy (non-hydrogen) atoms. The first-order chi connectivity index (χ1) is 35.2. The third-order valence-corrected chi connectivity index (χ3v) is 15.1. The Kier molecular flexibility index (Phi) is 61.2. The maximum absolute atomic E-state index is 12.5. The lowest BCUT2D eigenvalue weighted by Crippen LogP contribution is -2.45. The number of rotatable bonds is 60. The van der Waals surface area contributed by atoms with Gasteiger partial charge in [0, 0.05) is 6.42 Å². The number of carbonyl (C=O) groups is 1. The van der Waals surface area contributed by atoms with E-state index in [1.807, 2.05) is 6.08 Å². The summed E-state index contributed by atoms with van der Waals surface area (Å²) in [5.74, 6) is -0.0619. The van der Waals surface area contributed by atoms with Crippen LogP contribution < -0.4 is 5.32 Å². The summed E-state index contributed by atoms with van der Waals surface area (Å²) in [6.45, 7) is 4.33. The number of hydrogen-bond donors (Lipinski definition) is 3. The molecule has 0 spiro atoms. The van der Waals surface area contributed by atoms with Gasteiger partial charge in [-0.3, -0.25) is 4.79 Å². The molecule has 2 unspecified atom stereocenters. The van der Waals surface area contributed by atoms with Gasteiger partial charge in [-0.2, -0.15) is 0 Å². The Balaban J connectivity index is 3.46. The SMILES string of the molecule is CCCCCCC/C=C\C/C=C\C/C=C\CCCCCCCCCCCCCCC(=O)NC(CO)C(O)/C=C/CCCCCCCCCCCCCCCCCCCCCCCCCCCCCCCC. The average Bonchev–Trinajstić information content (AvgIpc) is 3.37. The highest BCUT2D eigenvalue weighted by atomic mass is 16.3. The molecule has 4 heteroatoms. The number of aliphatic hydroxyl groups is 2. The first-order valence-corrected chi connectivity index (χ1v) is 32.4.